The van der Waals surface area contributed by atoms with Crippen molar-refractivity contribution in [1.82, 2.24) is 10.6 Å². The molecule has 0 heterocycles. The van der Waals surface area contributed by atoms with Crippen LogP contribution in [0.15, 0.2) is 30.3 Å². The number of methoxy groups -OCH3 is 1. The minimum atomic E-state index is -1.10. The first kappa shape index (κ1) is 24.9. The van der Waals surface area contributed by atoms with Crippen LogP contribution in [-0.4, -0.2) is 48.7 Å². The Morgan fingerprint density at radius 1 is 1.03 bits per heavy atom. The molecule has 0 radical (unpaired) electrons. The largest absolute Gasteiger partial charge is 0.467 e. The van der Waals surface area contributed by atoms with Gasteiger partial charge in [0.1, 0.15) is 24.3 Å². The molecular weight excluding hydrogens is 392 g/mol. The highest BCUT2D eigenvalue weighted by molar-refractivity contribution is 5.89. The topological polar surface area (TPSA) is 120 Å². The lowest BCUT2D eigenvalue weighted by molar-refractivity contribution is -0.155. The minimum Gasteiger partial charge on any atom is -0.467 e. The van der Waals surface area contributed by atoms with E-state index >= 15 is 0 Å². The van der Waals surface area contributed by atoms with Gasteiger partial charge in [0, 0.05) is 6.42 Å². The Kier molecular flexibility index (Phi) is 9.80. The van der Waals surface area contributed by atoms with E-state index < -0.39 is 41.6 Å². The number of benzene rings is 1. The van der Waals surface area contributed by atoms with Gasteiger partial charge >= 0.3 is 18.0 Å². The predicted octanol–water partition coefficient (Wildman–Crippen LogP) is 2.08. The lowest BCUT2D eigenvalue weighted by atomic mass is 10.1. The molecule has 1 aromatic rings. The Morgan fingerprint density at radius 3 is 2.23 bits per heavy atom. The first-order valence-electron chi connectivity index (χ1n) is 9.59. The van der Waals surface area contributed by atoms with Crippen molar-refractivity contribution in [1.29, 1.82) is 0 Å². The first-order chi connectivity index (χ1) is 14.0. The number of alkyl carbamates (subject to hydrolysis) is 1. The molecule has 9 heteroatoms. The van der Waals surface area contributed by atoms with Crippen LogP contribution in [0.1, 0.15) is 46.1 Å². The number of rotatable bonds is 9. The van der Waals surface area contributed by atoms with Crippen LogP contribution in [0.2, 0.25) is 0 Å². The maximum atomic E-state index is 12.5. The molecule has 0 aliphatic carbocycles. The normalized spacial score (nSPS) is 12.8. The van der Waals surface area contributed by atoms with Gasteiger partial charge in [-0.25, -0.2) is 9.59 Å². The zero-order valence-corrected chi connectivity index (χ0v) is 18.0. The van der Waals surface area contributed by atoms with E-state index in [0.717, 1.165) is 5.56 Å². The van der Waals surface area contributed by atoms with Gasteiger partial charge in [0.25, 0.3) is 0 Å². The molecule has 9 nitrogen and oxygen atoms in total. The van der Waals surface area contributed by atoms with Crippen LogP contribution in [0.5, 0.6) is 0 Å². The van der Waals surface area contributed by atoms with Crippen LogP contribution in [0.3, 0.4) is 0 Å². The molecule has 0 saturated heterocycles. The fourth-order valence-corrected chi connectivity index (χ4v) is 2.38. The number of hydrogen-bond acceptors (Lipinski definition) is 7. The summed E-state index contributed by atoms with van der Waals surface area (Å²) in [6, 6.07) is 7.00. The van der Waals surface area contributed by atoms with Gasteiger partial charge < -0.3 is 24.8 Å². The molecule has 30 heavy (non-hydrogen) atoms. The van der Waals surface area contributed by atoms with E-state index in [9.17, 15) is 19.2 Å². The summed E-state index contributed by atoms with van der Waals surface area (Å²) in [5.74, 6) is -1.80. The second-order valence-corrected chi connectivity index (χ2v) is 7.64. The number of carbonyl (C=O) groups is 4. The molecule has 2 unspecified atom stereocenters. The van der Waals surface area contributed by atoms with Gasteiger partial charge in [-0.05, 0) is 39.7 Å². The van der Waals surface area contributed by atoms with Crippen molar-refractivity contribution >= 4 is 23.9 Å². The van der Waals surface area contributed by atoms with Gasteiger partial charge in [0.05, 0.1) is 7.11 Å². The first-order valence-corrected chi connectivity index (χ1v) is 9.59. The molecule has 2 N–H and O–H groups in total. The fourth-order valence-electron chi connectivity index (χ4n) is 2.38. The van der Waals surface area contributed by atoms with Crippen molar-refractivity contribution < 1.29 is 33.4 Å². The highest BCUT2D eigenvalue weighted by atomic mass is 16.6. The van der Waals surface area contributed by atoms with Gasteiger partial charge in [-0.2, -0.15) is 0 Å². The quantitative estimate of drug-likeness (QED) is 0.462. The van der Waals surface area contributed by atoms with E-state index in [1.807, 2.05) is 18.2 Å². The van der Waals surface area contributed by atoms with E-state index in [1.165, 1.54) is 14.0 Å². The number of carbonyl (C=O) groups excluding carboxylic acids is 4. The van der Waals surface area contributed by atoms with E-state index in [0.29, 0.717) is 0 Å². The van der Waals surface area contributed by atoms with Gasteiger partial charge in [-0.1, -0.05) is 30.3 Å². The molecule has 1 aromatic carbocycles. The third kappa shape index (κ3) is 9.90. The molecule has 0 bridgehead atoms. The van der Waals surface area contributed by atoms with E-state index in [2.05, 4.69) is 15.4 Å². The zero-order chi connectivity index (χ0) is 22.7. The number of hydrogen-bond donors (Lipinski definition) is 2. The fraction of sp³-hybridized carbons (Fsp3) is 0.524. The average molecular weight is 422 g/mol. The van der Waals surface area contributed by atoms with Crippen molar-refractivity contribution in [2.45, 2.75) is 64.8 Å². The Morgan fingerprint density at radius 2 is 1.67 bits per heavy atom. The average Bonchev–Trinajstić information content (AvgIpc) is 2.68. The van der Waals surface area contributed by atoms with E-state index in [-0.39, 0.29) is 19.4 Å². The van der Waals surface area contributed by atoms with Crippen molar-refractivity contribution in [3.8, 4) is 0 Å². The number of ether oxygens (including phenoxy) is 3. The van der Waals surface area contributed by atoms with Crippen LogP contribution in [0.4, 0.5) is 4.79 Å². The number of amides is 2. The Labute approximate surface area is 176 Å². The summed E-state index contributed by atoms with van der Waals surface area (Å²) in [4.78, 5) is 48.2. The zero-order valence-electron chi connectivity index (χ0n) is 18.0. The molecule has 2 atom stereocenters. The molecule has 0 fully saturated rings. The maximum absolute atomic E-state index is 12.5. The number of esters is 2. The Balaban J connectivity index is 2.72. The van der Waals surface area contributed by atoms with Crippen LogP contribution >= 0.6 is 0 Å². The van der Waals surface area contributed by atoms with Crippen LogP contribution in [0.25, 0.3) is 0 Å². The molecule has 166 valence electrons. The molecule has 2 amide bonds. The van der Waals surface area contributed by atoms with E-state index in [1.54, 1.807) is 32.9 Å². The molecule has 0 saturated carbocycles. The second-order valence-electron chi connectivity index (χ2n) is 7.64. The summed E-state index contributed by atoms with van der Waals surface area (Å²) in [7, 11) is 1.20. The van der Waals surface area contributed by atoms with Crippen LogP contribution in [0, 0.1) is 0 Å². The summed E-state index contributed by atoms with van der Waals surface area (Å²) in [6.07, 6.45) is -0.968. The van der Waals surface area contributed by atoms with Crippen LogP contribution in [-0.2, 0) is 35.2 Å². The maximum Gasteiger partial charge on any atom is 0.408 e. The molecular formula is C21H30N2O7. The lowest BCUT2D eigenvalue weighted by Crippen LogP contribution is -2.51. The minimum absolute atomic E-state index is 0.0195. The van der Waals surface area contributed by atoms with Crippen molar-refractivity contribution in [2.75, 3.05) is 7.11 Å². The summed E-state index contributed by atoms with van der Waals surface area (Å²) in [5.41, 5.74) is 0.109. The SMILES string of the molecule is COC(=O)C(C)NC(=O)C(CCC(=O)OC(C)(C)C)NC(=O)OCc1ccccc1. The molecule has 0 spiro atoms. The molecule has 0 aromatic heterocycles. The lowest BCUT2D eigenvalue weighted by Gasteiger charge is -2.22. The standard InChI is InChI=1S/C21H30N2O7/c1-14(19(26)28-5)22-18(25)16(11-12-17(24)30-21(2,3)4)23-20(27)29-13-15-9-7-6-8-10-15/h6-10,14,16H,11-13H2,1-5H3,(H,22,25)(H,23,27). The van der Waals surface area contributed by atoms with Gasteiger partial charge in [-0.15, -0.1) is 0 Å². The van der Waals surface area contributed by atoms with Crippen molar-refractivity contribution in [3.05, 3.63) is 35.9 Å². The van der Waals surface area contributed by atoms with Gasteiger partial charge in [0.2, 0.25) is 5.91 Å². The van der Waals surface area contributed by atoms with Crippen LogP contribution < -0.4 is 10.6 Å². The highest BCUT2D eigenvalue weighted by Crippen LogP contribution is 2.11. The monoisotopic (exact) mass is 422 g/mol. The summed E-state index contributed by atoms with van der Waals surface area (Å²) in [6.45, 7) is 6.65. The predicted molar refractivity (Wildman–Crippen MR) is 108 cm³/mol. The molecule has 0 aliphatic rings. The van der Waals surface area contributed by atoms with E-state index in [4.69, 9.17) is 9.47 Å². The molecule has 0 aliphatic heterocycles. The number of nitrogens with one attached hydrogen (secondary N) is 2. The van der Waals surface area contributed by atoms with Crippen molar-refractivity contribution in [2.24, 2.45) is 0 Å². The molecule has 1 rings (SSSR count). The third-order valence-corrected chi connectivity index (χ3v) is 3.79. The summed E-state index contributed by atoms with van der Waals surface area (Å²) < 4.78 is 14.9. The third-order valence-electron chi connectivity index (χ3n) is 3.79. The Bertz CT molecular complexity index is 729. The van der Waals surface area contributed by atoms with Crippen molar-refractivity contribution in [3.63, 3.8) is 0 Å². The summed E-state index contributed by atoms with van der Waals surface area (Å²) >= 11 is 0. The highest BCUT2D eigenvalue weighted by Gasteiger charge is 2.27. The smallest absolute Gasteiger partial charge is 0.408 e. The second kappa shape index (κ2) is 11.8. The summed E-state index contributed by atoms with van der Waals surface area (Å²) in [5, 5.41) is 4.88. The van der Waals surface area contributed by atoms with Gasteiger partial charge in [0.15, 0.2) is 0 Å². The Hall–Kier alpha value is -3.10. The van der Waals surface area contributed by atoms with Gasteiger partial charge in [-0.3, -0.25) is 9.59 Å².